The molecule has 0 aliphatic carbocycles. The van der Waals surface area contributed by atoms with Crippen LogP contribution in [0.3, 0.4) is 0 Å². The van der Waals surface area contributed by atoms with Crippen molar-refractivity contribution in [3.63, 3.8) is 0 Å². The molecule has 118 valence electrons. The lowest BCUT2D eigenvalue weighted by Crippen LogP contribution is -2.21. The van der Waals surface area contributed by atoms with Crippen molar-refractivity contribution in [2.45, 2.75) is 19.9 Å². The van der Waals surface area contributed by atoms with E-state index in [1.54, 1.807) is 6.07 Å². The number of rotatable bonds is 6. The summed E-state index contributed by atoms with van der Waals surface area (Å²) in [7, 11) is 1.84. The molecule has 0 aliphatic rings. The van der Waals surface area contributed by atoms with Crippen LogP contribution in [0.5, 0.6) is 0 Å². The van der Waals surface area contributed by atoms with E-state index in [1.165, 1.54) is 0 Å². The van der Waals surface area contributed by atoms with Crippen molar-refractivity contribution in [1.29, 1.82) is 0 Å². The summed E-state index contributed by atoms with van der Waals surface area (Å²) in [5, 5.41) is 9.41. The third-order valence-corrected chi connectivity index (χ3v) is 4.58. The van der Waals surface area contributed by atoms with Crippen LogP contribution in [0.2, 0.25) is 5.02 Å². The van der Waals surface area contributed by atoms with Gasteiger partial charge in [0.2, 0.25) is 0 Å². The van der Waals surface area contributed by atoms with Crippen molar-refractivity contribution in [3.05, 3.63) is 43.3 Å². The molecule has 2 rings (SSSR count). The second-order valence-electron chi connectivity index (χ2n) is 5.16. The van der Waals surface area contributed by atoms with Gasteiger partial charge in [-0.2, -0.15) is 0 Å². The van der Waals surface area contributed by atoms with Gasteiger partial charge < -0.3 is 15.0 Å². The topological polar surface area (TPSA) is 73.4 Å². The number of hydrogen-bond donors (Lipinski definition) is 2. The van der Waals surface area contributed by atoms with Crippen LogP contribution in [0, 0.1) is 6.92 Å². The minimum Gasteiger partial charge on any atom is -0.481 e. The number of carboxylic acid groups (broad SMARTS) is 1. The summed E-state index contributed by atoms with van der Waals surface area (Å²) in [6.07, 6.45) is 0.0746. The van der Waals surface area contributed by atoms with E-state index in [4.69, 9.17) is 16.7 Å². The number of aromatic amines is 1. The number of aliphatic carboxylic acids is 1. The van der Waals surface area contributed by atoms with E-state index < -0.39 is 5.97 Å². The molecule has 22 heavy (non-hydrogen) atoms. The Morgan fingerprint density at radius 2 is 2.18 bits per heavy atom. The third kappa shape index (κ3) is 4.19. The molecular weight excluding hydrogens is 324 g/mol. The molecule has 2 N–H and O–H groups in total. The largest absolute Gasteiger partial charge is 0.481 e. The molecule has 0 unspecified atom stereocenters. The number of H-pyrrole nitrogens is 1. The third-order valence-electron chi connectivity index (χ3n) is 3.29. The number of nitrogens with zero attached hydrogens (tertiary/aromatic N) is 1. The van der Waals surface area contributed by atoms with Gasteiger partial charge in [-0.05, 0) is 37.2 Å². The van der Waals surface area contributed by atoms with E-state index in [1.807, 2.05) is 31.0 Å². The van der Waals surface area contributed by atoms with Crippen LogP contribution in [0.4, 0.5) is 0 Å². The van der Waals surface area contributed by atoms with Crippen molar-refractivity contribution in [3.8, 4) is 11.3 Å². The highest BCUT2D eigenvalue weighted by Crippen LogP contribution is 2.27. The Morgan fingerprint density at radius 3 is 2.82 bits per heavy atom. The Hall–Kier alpha value is -1.63. The lowest BCUT2D eigenvalue weighted by Gasteiger charge is -2.15. The summed E-state index contributed by atoms with van der Waals surface area (Å²) in [6.45, 7) is 2.86. The maximum absolute atomic E-state index is 11.7. The van der Waals surface area contributed by atoms with Crippen LogP contribution in [-0.2, 0) is 11.3 Å². The van der Waals surface area contributed by atoms with Gasteiger partial charge in [0.25, 0.3) is 0 Å². The van der Waals surface area contributed by atoms with Crippen molar-refractivity contribution in [2.24, 2.45) is 0 Å². The summed E-state index contributed by atoms with van der Waals surface area (Å²) in [5.41, 5.74) is 2.62. The fourth-order valence-corrected chi connectivity index (χ4v) is 3.17. The highest BCUT2D eigenvalue weighted by Gasteiger charge is 2.13. The zero-order valence-electron chi connectivity index (χ0n) is 12.4. The summed E-state index contributed by atoms with van der Waals surface area (Å²) in [6, 6.07) is 5.61. The molecule has 1 aromatic heterocycles. The average molecular weight is 341 g/mol. The molecule has 0 aliphatic heterocycles. The molecule has 0 atom stereocenters. The zero-order chi connectivity index (χ0) is 16.3. The van der Waals surface area contributed by atoms with Gasteiger partial charge >= 0.3 is 10.8 Å². The van der Waals surface area contributed by atoms with E-state index in [9.17, 15) is 9.59 Å². The van der Waals surface area contributed by atoms with Crippen LogP contribution in [0.15, 0.2) is 23.0 Å². The van der Waals surface area contributed by atoms with Gasteiger partial charge in [0, 0.05) is 23.0 Å². The molecule has 0 spiro atoms. The lowest BCUT2D eigenvalue weighted by atomic mass is 10.1. The molecule has 2 aromatic rings. The minimum atomic E-state index is -0.831. The first kappa shape index (κ1) is 16.7. The maximum Gasteiger partial charge on any atom is 0.305 e. The highest BCUT2D eigenvalue weighted by atomic mass is 35.5. The van der Waals surface area contributed by atoms with Gasteiger partial charge in [-0.1, -0.05) is 29.0 Å². The number of thiazole rings is 1. The smallest absolute Gasteiger partial charge is 0.305 e. The number of aryl methyl sites for hydroxylation is 1. The van der Waals surface area contributed by atoms with Gasteiger partial charge in [0.1, 0.15) is 0 Å². The first-order valence-electron chi connectivity index (χ1n) is 6.75. The number of aromatic nitrogens is 1. The van der Waals surface area contributed by atoms with Gasteiger partial charge in [-0.15, -0.1) is 0 Å². The second kappa shape index (κ2) is 7.09. The van der Waals surface area contributed by atoms with Gasteiger partial charge in [-0.25, -0.2) is 0 Å². The molecule has 1 heterocycles. The van der Waals surface area contributed by atoms with Gasteiger partial charge in [0.15, 0.2) is 0 Å². The summed E-state index contributed by atoms with van der Waals surface area (Å²) >= 11 is 7.18. The Morgan fingerprint density at radius 1 is 1.45 bits per heavy atom. The molecule has 0 bridgehead atoms. The Labute approximate surface area is 137 Å². The minimum absolute atomic E-state index is 0.0746. The monoisotopic (exact) mass is 340 g/mol. The molecule has 0 saturated heterocycles. The maximum atomic E-state index is 11.7. The van der Waals surface area contributed by atoms with E-state index in [0.717, 1.165) is 33.0 Å². The molecule has 0 fully saturated rings. The summed E-state index contributed by atoms with van der Waals surface area (Å²) in [4.78, 5) is 27.8. The fraction of sp³-hybridized carbons (Fsp3) is 0.333. The second-order valence-corrected chi connectivity index (χ2v) is 6.63. The molecule has 5 nitrogen and oxygen atoms in total. The number of nitrogens with one attached hydrogen (secondary N) is 1. The number of hydrogen-bond acceptors (Lipinski definition) is 4. The lowest BCUT2D eigenvalue weighted by molar-refractivity contribution is -0.137. The predicted molar refractivity (Wildman–Crippen MR) is 88.7 cm³/mol. The average Bonchev–Trinajstić information content (AvgIpc) is 2.80. The predicted octanol–water partition coefficient (Wildman–Crippen LogP) is 2.97. The van der Waals surface area contributed by atoms with Crippen molar-refractivity contribution >= 4 is 28.9 Å². The quantitative estimate of drug-likeness (QED) is 0.847. The van der Waals surface area contributed by atoms with Crippen LogP contribution in [0.1, 0.15) is 16.9 Å². The van der Waals surface area contributed by atoms with Crippen molar-refractivity contribution in [1.82, 2.24) is 9.88 Å². The first-order valence-corrected chi connectivity index (χ1v) is 7.95. The van der Waals surface area contributed by atoms with Gasteiger partial charge in [-0.3, -0.25) is 9.59 Å². The normalized spacial score (nSPS) is 11.1. The number of benzene rings is 1. The SMILES string of the molecule is Cc1cc(-c2[nH]c(=O)sc2CN(C)CCC(=O)O)ccc1Cl. The van der Waals surface area contributed by atoms with Crippen molar-refractivity contribution in [2.75, 3.05) is 13.6 Å². The van der Waals surface area contributed by atoms with Crippen LogP contribution < -0.4 is 4.87 Å². The standard InChI is InChI=1S/C15H17ClN2O3S/c1-9-7-10(3-4-11(9)16)14-12(22-15(21)17-14)8-18(2)6-5-13(19)20/h3-4,7H,5-6,8H2,1-2H3,(H,17,21)(H,19,20). The first-order chi connectivity index (χ1) is 10.4. The fourth-order valence-electron chi connectivity index (χ4n) is 2.12. The van der Waals surface area contributed by atoms with E-state index in [0.29, 0.717) is 18.1 Å². The number of carbonyl (C=O) groups is 1. The Bertz CT molecular complexity index is 739. The van der Waals surface area contributed by atoms with E-state index in [2.05, 4.69) is 4.98 Å². The summed E-state index contributed by atoms with van der Waals surface area (Å²) in [5.74, 6) is -0.831. The molecule has 0 saturated carbocycles. The van der Waals surface area contributed by atoms with E-state index in [-0.39, 0.29) is 11.3 Å². The van der Waals surface area contributed by atoms with Gasteiger partial charge in [0.05, 0.1) is 12.1 Å². The van der Waals surface area contributed by atoms with E-state index >= 15 is 0 Å². The van der Waals surface area contributed by atoms with Crippen LogP contribution in [-0.4, -0.2) is 34.6 Å². The van der Waals surface area contributed by atoms with Crippen LogP contribution in [0.25, 0.3) is 11.3 Å². The Balaban J connectivity index is 2.24. The van der Waals surface area contributed by atoms with Crippen molar-refractivity contribution < 1.29 is 9.90 Å². The number of halogens is 1. The zero-order valence-corrected chi connectivity index (χ0v) is 13.9. The Kier molecular flexibility index (Phi) is 5.39. The molecule has 7 heteroatoms. The number of carboxylic acids is 1. The summed E-state index contributed by atoms with van der Waals surface area (Å²) < 4.78 is 0. The molecule has 0 amide bonds. The van der Waals surface area contributed by atoms with Crippen LogP contribution >= 0.6 is 22.9 Å². The highest BCUT2D eigenvalue weighted by molar-refractivity contribution is 7.09. The molecule has 1 aromatic carbocycles. The molecular formula is C15H17ClN2O3S. The molecule has 0 radical (unpaired) electrons.